The average molecular weight is 538 g/mol. The summed E-state index contributed by atoms with van der Waals surface area (Å²) in [7, 11) is 0. The molecule has 4 rings (SSSR count). The van der Waals surface area contributed by atoms with Gasteiger partial charge in [0.15, 0.2) is 0 Å². The van der Waals surface area contributed by atoms with E-state index in [1.54, 1.807) is 6.07 Å². The molecule has 2 heterocycles. The maximum atomic E-state index is 15.3. The van der Waals surface area contributed by atoms with Gasteiger partial charge in [-0.15, -0.1) is 0 Å². The Morgan fingerprint density at radius 2 is 1.44 bits per heavy atom. The van der Waals surface area contributed by atoms with Gasteiger partial charge in [-0.05, 0) is 109 Å². The van der Waals surface area contributed by atoms with Crippen LogP contribution in [-0.2, 0) is 0 Å². The number of piperidine rings is 2. The molecule has 2 amide bonds. The first-order valence-electron chi connectivity index (χ1n) is 14.4. The molecule has 0 spiro atoms. The molecule has 2 aliphatic rings. The van der Waals surface area contributed by atoms with Crippen LogP contribution in [0.3, 0.4) is 0 Å². The van der Waals surface area contributed by atoms with E-state index in [1.807, 2.05) is 61.8 Å². The lowest BCUT2D eigenvalue weighted by molar-refractivity contribution is 0.0643. The highest BCUT2D eigenvalue weighted by molar-refractivity contribution is 5.95. The van der Waals surface area contributed by atoms with Gasteiger partial charge < -0.3 is 15.5 Å². The lowest BCUT2D eigenvalue weighted by Crippen LogP contribution is -2.48. The molecule has 0 aliphatic carbocycles. The number of benzene rings is 2. The monoisotopic (exact) mass is 537 g/mol. The van der Waals surface area contributed by atoms with Crippen molar-refractivity contribution in [2.75, 3.05) is 37.7 Å². The smallest absolute Gasteiger partial charge is 0.254 e. The Morgan fingerprint density at radius 3 is 2.00 bits per heavy atom. The molecule has 2 aromatic rings. The maximum Gasteiger partial charge on any atom is 0.254 e. The summed E-state index contributed by atoms with van der Waals surface area (Å²) in [6.07, 6.45) is 5.59. The van der Waals surface area contributed by atoms with E-state index in [2.05, 4.69) is 9.80 Å². The van der Waals surface area contributed by atoms with Crippen LogP contribution in [0.4, 0.5) is 15.8 Å². The van der Waals surface area contributed by atoms with Gasteiger partial charge in [0, 0.05) is 48.0 Å². The van der Waals surface area contributed by atoms with Crippen LogP contribution in [0.5, 0.6) is 0 Å². The first-order valence-corrected chi connectivity index (χ1v) is 14.4. The number of anilines is 2. The van der Waals surface area contributed by atoms with Crippen molar-refractivity contribution in [3.05, 3.63) is 59.4 Å². The zero-order valence-corrected chi connectivity index (χ0v) is 23.9. The molecule has 0 atom stereocenters. The summed E-state index contributed by atoms with van der Waals surface area (Å²) >= 11 is 0. The number of hydrogen-bond acceptors (Lipinski definition) is 5. The average Bonchev–Trinajstić information content (AvgIpc) is 2.91. The Kier molecular flexibility index (Phi) is 9.62. The number of rotatable bonds is 9. The van der Waals surface area contributed by atoms with Crippen molar-refractivity contribution >= 4 is 23.2 Å². The normalized spacial score (nSPS) is 17.5. The molecule has 0 radical (unpaired) electrons. The first-order chi connectivity index (χ1) is 18.7. The summed E-state index contributed by atoms with van der Waals surface area (Å²) in [6.45, 7) is 13.2. The highest BCUT2D eigenvalue weighted by atomic mass is 19.1. The van der Waals surface area contributed by atoms with Crippen molar-refractivity contribution in [2.45, 2.75) is 77.9 Å². The molecule has 2 aliphatic heterocycles. The second kappa shape index (κ2) is 12.9. The number of hydrogen-bond donors (Lipinski definition) is 1. The van der Waals surface area contributed by atoms with Crippen molar-refractivity contribution in [3.63, 3.8) is 0 Å². The van der Waals surface area contributed by atoms with E-state index < -0.39 is 11.7 Å². The minimum Gasteiger partial charge on any atom is -0.366 e. The van der Waals surface area contributed by atoms with E-state index in [1.165, 1.54) is 31.4 Å². The Hall–Kier alpha value is -2.97. The third-order valence-corrected chi connectivity index (χ3v) is 8.00. The number of nitrogens with zero attached hydrogens (tertiary/aromatic N) is 4. The molecule has 0 aromatic heterocycles. The second-order valence-electron chi connectivity index (χ2n) is 11.5. The van der Waals surface area contributed by atoms with E-state index in [-0.39, 0.29) is 29.6 Å². The van der Waals surface area contributed by atoms with Crippen molar-refractivity contribution in [1.82, 2.24) is 14.7 Å². The molecule has 0 bridgehead atoms. The fraction of sp³-hybridized carbons (Fsp3) is 0.548. The molecule has 39 heavy (non-hydrogen) atoms. The quantitative estimate of drug-likeness (QED) is 0.474. The molecule has 0 unspecified atom stereocenters. The second-order valence-corrected chi connectivity index (χ2v) is 11.5. The van der Waals surface area contributed by atoms with Crippen LogP contribution in [0.25, 0.3) is 0 Å². The minimum atomic E-state index is -0.587. The zero-order valence-electron chi connectivity index (χ0n) is 23.9. The summed E-state index contributed by atoms with van der Waals surface area (Å²) in [4.78, 5) is 34.1. The molecule has 0 saturated carbocycles. The van der Waals surface area contributed by atoms with E-state index in [4.69, 9.17) is 5.73 Å². The largest absolute Gasteiger partial charge is 0.366 e. The Morgan fingerprint density at radius 1 is 0.872 bits per heavy atom. The number of carbonyl (C=O) groups excluding carboxylic acids is 2. The summed E-state index contributed by atoms with van der Waals surface area (Å²) in [5, 5.41) is 0. The van der Waals surface area contributed by atoms with Gasteiger partial charge in [-0.25, -0.2) is 4.39 Å². The molecule has 2 N–H and O–H groups in total. The van der Waals surface area contributed by atoms with Crippen LogP contribution in [0, 0.1) is 5.82 Å². The Labute approximate surface area is 232 Å². The molecule has 2 aromatic carbocycles. The summed E-state index contributed by atoms with van der Waals surface area (Å²) in [5.74, 6) is -1.01. The number of halogens is 1. The Bertz CT molecular complexity index is 1110. The fourth-order valence-corrected chi connectivity index (χ4v) is 6.08. The highest BCUT2D eigenvalue weighted by Crippen LogP contribution is 2.35. The summed E-state index contributed by atoms with van der Waals surface area (Å²) in [5.41, 5.74) is 7.56. The van der Waals surface area contributed by atoms with Gasteiger partial charge in [0.2, 0.25) is 5.91 Å². The molecule has 7 nitrogen and oxygen atoms in total. The van der Waals surface area contributed by atoms with Gasteiger partial charge in [-0.2, -0.15) is 0 Å². The van der Waals surface area contributed by atoms with E-state index in [0.717, 1.165) is 51.4 Å². The number of likely N-dealkylation sites (tertiary alicyclic amines) is 2. The SMILES string of the molecule is CC(C)N(C(=O)c1ccc(N(c2cc(C(N)=O)ccc2F)C2CCN(CN3CCCCC3)CC2)cc1)C(C)C. The number of amides is 2. The number of nitrogens with two attached hydrogens (primary N) is 1. The van der Waals surface area contributed by atoms with E-state index in [9.17, 15) is 9.59 Å². The van der Waals surface area contributed by atoms with E-state index in [0.29, 0.717) is 11.3 Å². The maximum absolute atomic E-state index is 15.3. The van der Waals surface area contributed by atoms with Crippen LogP contribution in [-0.4, -0.2) is 77.5 Å². The fourth-order valence-electron chi connectivity index (χ4n) is 6.08. The summed E-state index contributed by atoms with van der Waals surface area (Å²) in [6, 6.07) is 11.9. The van der Waals surface area contributed by atoms with Crippen LogP contribution in [0.2, 0.25) is 0 Å². The van der Waals surface area contributed by atoms with Crippen molar-refractivity contribution in [2.24, 2.45) is 5.73 Å². The molecule has 2 fully saturated rings. The predicted molar refractivity (Wildman–Crippen MR) is 155 cm³/mol. The third kappa shape index (κ3) is 6.97. The van der Waals surface area contributed by atoms with Crippen LogP contribution < -0.4 is 10.6 Å². The first kappa shape index (κ1) is 29.0. The number of carbonyl (C=O) groups is 2. The van der Waals surface area contributed by atoms with Gasteiger partial charge in [-0.3, -0.25) is 19.4 Å². The van der Waals surface area contributed by atoms with Crippen molar-refractivity contribution < 1.29 is 14.0 Å². The van der Waals surface area contributed by atoms with Crippen LogP contribution in [0.15, 0.2) is 42.5 Å². The van der Waals surface area contributed by atoms with Crippen molar-refractivity contribution in [3.8, 4) is 0 Å². The standard InChI is InChI=1S/C31H44FN5O2/c1-22(2)36(23(3)4)31(39)24-8-11-26(12-9-24)37(29-20-25(30(33)38)10-13-28(29)32)27-14-18-35(19-15-27)21-34-16-6-5-7-17-34/h8-13,20,22-23,27H,5-7,14-19,21H2,1-4H3,(H2,33,38). The van der Waals surface area contributed by atoms with Gasteiger partial charge in [-0.1, -0.05) is 6.42 Å². The number of primary amides is 1. The highest BCUT2D eigenvalue weighted by Gasteiger charge is 2.30. The zero-order chi connectivity index (χ0) is 28.1. The lowest BCUT2D eigenvalue weighted by atomic mass is 10.00. The van der Waals surface area contributed by atoms with Gasteiger partial charge in [0.25, 0.3) is 5.91 Å². The van der Waals surface area contributed by atoms with Gasteiger partial charge in [0.05, 0.1) is 12.4 Å². The van der Waals surface area contributed by atoms with Crippen LogP contribution >= 0.6 is 0 Å². The molecular weight excluding hydrogens is 493 g/mol. The van der Waals surface area contributed by atoms with E-state index >= 15 is 4.39 Å². The molecule has 8 heteroatoms. The molecule has 212 valence electrons. The Balaban J connectivity index is 1.60. The molecule has 2 saturated heterocycles. The van der Waals surface area contributed by atoms with Crippen LogP contribution in [0.1, 0.15) is 80.5 Å². The van der Waals surface area contributed by atoms with Gasteiger partial charge in [0.1, 0.15) is 5.82 Å². The van der Waals surface area contributed by atoms with Gasteiger partial charge >= 0.3 is 0 Å². The topological polar surface area (TPSA) is 73.1 Å². The third-order valence-electron chi connectivity index (χ3n) is 8.00. The molecular formula is C31H44FN5O2. The minimum absolute atomic E-state index is 0.0222. The lowest BCUT2D eigenvalue weighted by Gasteiger charge is -2.42. The van der Waals surface area contributed by atoms with Crippen molar-refractivity contribution in [1.29, 1.82) is 0 Å². The predicted octanol–water partition coefficient (Wildman–Crippen LogP) is 5.23. The summed E-state index contributed by atoms with van der Waals surface area (Å²) < 4.78 is 15.3.